The number of carbonyl (C=O) groups is 1. The Bertz CT molecular complexity index is 668. The van der Waals surface area contributed by atoms with Crippen LogP contribution in [0.3, 0.4) is 0 Å². The van der Waals surface area contributed by atoms with Gasteiger partial charge in [-0.05, 0) is 37.2 Å². The largest absolute Gasteiger partial charge is 0.340 e. The Balaban J connectivity index is 0.00000288. The van der Waals surface area contributed by atoms with Gasteiger partial charge in [0, 0.05) is 25.2 Å². The minimum atomic E-state index is -0.0100. The van der Waals surface area contributed by atoms with Crippen molar-refractivity contribution in [1.29, 1.82) is 0 Å². The lowest BCUT2D eigenvalue weighted by atomic mass is 10.0. The van der Waals surface area contributed by atoms with Gasteiger partial charge in [0.1, 0.15) is 0 Å². The normalized spacial score (nSPS) is 10.6. The molecular weight excluding hydrogens is 347 g/mol. The molecule has 5 nitrogen and oxygen atoms in total. The average molecular weight is 371 g/mol. The predicted molar refractivity (Wildman–Crippen MR) is 101 cm³/mol. The number of hydrogen-bond acceptors (Lipinski definition) is 3. The van der Waals surface area contributed by atoms with Gasteiger partial charge in [0.05, 0.1) is 23.1 Å². The van der Waals surface area contributed by atoms with E-state index in [9.17, 15) is 4.79 Å². The summed E-state index contributed by atoms with van der Waals surface area (Å²) in [5.74, 6) is 0.161. The molecule has 0 saturated heterocycles. The summed E-state index contributed by atoms with van der Waals surface area (Å²) in [5, 5.41) is 8.16. The number of halogens is 2. The topological polar surface area (TPSA) is 50.2 Å². The maximum atomic E-state index is 12.7. The van der Waals surface area contributed by atoms with Crippen LogP contribution in [-0.2, 0) is 0 Å². The fourth-order valence-corrected chi connectivity index (χ4v) is 2.58. The number of benzene rings is 1. The molecule has 0 atom stereocenters. The van der Waals surface area contributed by atoms with Crippen LogP contribution in [0, 0.1) is 0 Å². The van der Waals surface area contributed by atoms with Crippen molar-refractivity contribution >= 4 is 29.9 Å². The summed E-state index contributed by atoms with van der Waals surface area (Å²) in [6.07, 6.45) is 1.65. The Labute approximate surface area is 154 Å². The van der Waals surface area contributed by atoms with Gasteiger partial charge in [-0.2, -0.15) is 5.10 Å². The number of nitrogens with one attached hydrogen (secondary N) is 1. The van der Waals surface area contributed by atoms with Crippen molar-refractivity contribution in [1.82, 2.24) is 20.0 Å². The predicted octanol–water partition coefficient (Wildman–Crippen LogP) is 3.36. The van der Waals surface area contributed by atoms with Crippen LogP contribution < -0.4 is 5.32 Å². The molecule has 1 heterocycles. The number of likely N-dealkylation sites (N-methyl/N-ethyl adjacent to an activating group) is 2. The molecule has 0 unspecified atom stereocenters. The molecule has 0 bridgehead atoms. The van der Waals surface area contributed by atoms with Crippen molar-refractivity contribution in [3.8, 4) is 5.69 Å². The Kier molecular flexibility index (Phi) is 7.73. The summed E-state index contributed by atoms with van der Waals surface area (Å²) in [7, 11) is 3.68. The molecule has 0 saturated carbocycles. The van der Waals surface area contributed by atoms with E-state index in [2.05, 4.69) is 24.3 Å². The van der Waals surface area contributed by atoms with Gasteiger partial charge < -0.3 is 10.2 Å². The molecule has 7 heteroatoms. The van der Waals surface area contributed by atoms with Crippen molar-refractivity contribution < 1.29 is 4.79 Å². The van der Waals surface area contributed by atoms with Crippen molar-refractivity contribution in [2.45, 2.75) is 19.8 Å². The number of amides is 1. The fraction of sp³-hybridized carbons (Fsp3) is 0.412. The summed E-state index contributed by atoms with van der Waals surface area (Å²) in [4.78, 5) is 14.4. The zero-order valence-corrected chi connectivity index (χ0v) is 16.0. The van der Waals surface area contributed by atoms with Gasteiger partial charge >= 0.3 is 0 Å². The molecule has 1 N–H and O–H groups in total. The number of carbonyl (C=O) groups excluding carboxylic acids is 1. The van der Waals surface area contributed by atoms with Crippen LogP contribution >= 0.6 is 24.0 Å². The molecule has 0 radical (unpaired) electrons. The van der Waals surface area contributed by atoms with Gasteiger partial charge in [-0.1, -0.05) is 25.4 Å². The third-order valence-corrected chi connectivity index (χ3v) is 3.95. The van der Waals surface area contributed by atoms with Crippen LogP contribution in [0.2, 0.25) is 5.02 Å². The first-order valence-corrected chi connectivity index (χ1v) is 8.07. The summed E-state index contributed by atoms with van der Waals surface area (Å²) >= 11 is 5.95. The van der Waals surface area contributed by atoms with E-state index in [1.165, 1.54) is 0 Å². The molecule has 0 aliphatic carbocycles. The second-order valence-electron chi connectivity index (χ2n) is 5.82. The molecule has 1 amide bonds. The van der Waals surface area contributed by atoms with Crippen LogP contribution in [0.25, 0.3) is 5.69 Å². The minimum Gasteiger partial charge on any atom is -0.340 e. The molecule has 0 fully saturated rings. The van der Waals surface area contributed by atoms with Crippen molar-refractivity contribution in [3.05, 3.63) is 46.7 Å². The van der Waals surface area contributed by atoms with Crippen LogP contribution in [0.1, 0.15) is 35.8 Å². The van der Waals surface area contributed by atoms with Crippen molar-refractivity contribution in [3.63, 3.8) is 0 Å². The summed E-state index contributed by atoms with van der Waals surface area (Å²) < 4.78 is 1.82. The molecule has 24 heavy (non-hydrogen) atoms. The van der Waals surface area contributed by atoms with Gasteiger partial charge in [0.15, 0.2) is 0 Å². The van der Waals surface area contributed by atoms with Gasteiger partial charge in [-0.15, -0.1) is 12.4 Å². The van der Waals surface area contributed by atoms with E-state index in [1.54, 1.807) is 11.1 Å². The Morgan fingerprint density at radius 1 is 1.33 bits per heavy atom. The number of hydrogen-bond donors (Lipinski definition) is 1. The average Bonchev–Trinajstić information content (AvgIpc) is 2.97. The summed E-state index contributed by atoms with van der Waals surface area (Å²) in [6, 6.07) is 7.45. The molecule has 1 aromatic heterocycles. The number of rotatable bonds is 6. The second kappa shape index (κ2) is 9.06. The molecule has 132 valence electrons. The van der Waals surface area contributed by atoms with Crippen LogP contribution in [-0.4, -0.2) is 47.8 Å². The zero-order valence-electron chi connectivity index (χ0n) is 14.4. The first-order chi connectivity index (χ1) is 11.0. The lowest BCUT2D eigenvalue weighted by Crippen LogP contribution is -2.33. The molecule has 0 aliphatic rings. The SMILES string of the molecule is CNCCN(C)C(=O)c1cnn(-c2ccc(Cl)cc2)c1C(C)C.Cl. The first kappa shape index (κ1) is 20.5. The number of nitrogens with zero attached hydrogens (tertiary/aromatic N) is 3. The van der Waals surface area contributed by atoms with E-state index in [4.69, 9.17) is 11.6 Å². The first-order valence-electron chi connectivity index (χ1n) is 7.69. The second-order valence-corrected chi connectivity index (χ2v) is 6.25. The molecule has 1 aromatic carbocycles. The Morgan fingerprint density at radius 2 is 1.96 bits per heavy atom. The van der Waals surface area contributed by atoms with E-state index < -0.39 is 0 Å². The molecule has 2 rings (SSSR count). The Hall–Kier alpha value is -1.56. The third kappa shape index (κ3) is 4.50. The maximum absolute atomic E-state index is 12.7. The standard InChI is InChI=1S/C17H23ClN4O.ClH/c1-12(2)16-15(17(23)21(4)10-9-19-3)11-20-22(16)14-7-5-13(18)6-8-14;/h5-8,11-12,19H,9-10H2,1-4H3;1H. The van der Waals surface area contributed by atoms with E-state index in [0.717, 1.165) is 17.9 Å². The molecule has 0 aliphatic heterocycles. The van der Waals surface area contributed by atoms with Crippen LogP contribution in [0.5, 0.6) is 0 Å². The van der Waals surface area contributed by atoms with Crippen molar-refractivity contribution in [2.75, 3.05) is 27.2 Å². The highest BCUT2D eigenvalue weighted by Gasteiger charge is 2.23. The van der Waals surface area contributed by atoms with E-state index in [1.807, 2.05) is 43.0 Å². The quantitative estimate of drug-likeness (QED) is 0.847. The summed E-state index contributed by atoms with van der Waals surface area (Å²) in [6.45, 7) is 5.53. The van der Waals surface area contributed by atoms with E-state index in [0.29, 0.717) is 17.1 Å². The smallest absolute Gasteiger partial charge is 0.257 e. The Morgan fingerprint density at radius 3 is 2.50 bits per heavy atom. The zero-order chi connectivity index (χ0) is 17.0. The third-order valence-electron chi connectivity index (χ3n) is 3.70. The van der Waals surface area contributed by atoms with Gasteiger partial charge in [-0.25, -0.2) is 4.68 Å². The minimum absolute atomic E-state index is 0. The number of aromatic nitrogens is 2. The lowest BCUT2D eigenvalue weighted by Gasteiger charge is -2.18. The summed E-state index contributed by atoms with van der Waals surface area (Å²) in [5.41, 5.74) is 2.46. The van der Waals surface area contributed by atoms with Gasteiger partial charge in [0.2, 0.25) is 0 Å². The van der Waals surface area contributed by atoms with E-state index >= 15 is 0 Å². The highest BCUT2D eigenvalue weighted by atomic mass is 35.5. The van der Waals surface area contributed by atoms with Crippen LogP contribution in [0.4, 0.5) is 0 Å². The van der Waals surface area contributed by atoms with Gasteiger partial charge in [-0.3, -0.25) is 4.79 Å². The molecular formula is C17H24Cl2N4O. The molecule has 2 aromatic rings. The van der Waals surface area contributed by atoms with E-state index in [-0.39, 0.29) is 24.2 Å². The highest BCUT2D eigenvalue weighted by Crippen LogP contribution is 2.24. The fourth-order valence-electron chi connectivity index (χ4n) is 2.45. The monoisotopic (exact) mass is 370 g/mol. The van der Waals surface area contributed by atoms with Crippen LogP contribution in [0.15, 0.2) is 30.5 Å². The van der Waals surface area contributed by atoms with Crippen molar-refractivity contribution in [2.24, 2.45) is 0 Å². The maximum Gasteiger partial charge on any atom is 0.257 e. The highest BCUT2D eigenvalue weighted by molar-refractivity contribution is 6.30. The molecule has 0 spiro atoms. The van der Waals surface area contributed by atoms with Gasteiger partial charge in [0.25, 0.3) is 5.91 Å². The lowest BCUT2D eigenvalue weighted by molar-refractivity contribution is 0.0795.